The van der Waals surface area contributed by atoms with Gasteiger partial charge in [-0.3, -0.25) is 4.68 Å². The number of alkyl halides is 3. The smallest absolute Gasteiger partial charge is 0.406 e. The summed E-state index contributed by atoms with van der Waals surface area (Å²) in [6, 6.07) is 5.62. The van der Waals surface area contributed by atoms with Crippen LogP contribution in [-0.2, 0) is 13.6 Å². The van der Waals surface area contributed by atoms with Crippen molar-refractivity contribution >= 4 is 17.3 Å². The lowest BCUT2D eigenvalue weighted by molar-refractivity contribution is -0.274. The molecule has 0 amide bonds. The van der Waals surface area contributed by atoms with E-state index in [1.807, 2.05) is 6.92 Å². The standard InChI is InChI=1S/C13H13ClF3N3O/c1-8-11(12(14)20(2)19-8)7-18-9-4-3-5-10(6-9)21-13(15,16)17/h3-6,18H,7H2,1-2H3. The fraction of sp³-hybridized carbons (Fsp3) is 0.308. The van der Waals surface area contributed by atoms with Gasteiger partial charge in [0.05, 0.1) is 5.69 Å². The van der Waals surface area contributed by atoms with Crippen molar-refractivity contribution in [2.24, 2.45) is 7.05 Å². The Bertz CT molecular complexity index is 640. The van der Waals surface area contributed by atoms with E-state index in [4.69, 9.17) is 11.6 Å². The molecule has 0 saturated heterocycles. The first-order valence-electron chi connectivity index (χ1n) is 6.04. The van der Waals surface area contributed by atoms with E-state index in [0.717, 1.165) is 11.3 Å². The van der Waals surface area contributed by atoms with Crippen LogP contribution >= 0.6 is 11.6 Å². The summed E-state index contributed by atoms with van der Waals surface area (Å²) in [5.41, 5.74) is 2.05. The summed E-state index contributed by atoms with van der Waals surface area (Å²) < 4.78 is 41.9. The van der Waals surface area contributed by atoms with Gasteiger partial charge >= 0.3 is 6.36 Å². The Morgan fingerprint density at radius 2 is 2.10 bits per heavy atom. The molecule has 0 atom stereocenters. The van der Waals surface area contributed by atoms with Crippen molar-refractivity contribution in [3.63, 3.8) is 0 Å². The predicted molar refractivity (Wildman–Crippen MR) is 73.4 cm³/mol. The molecule has 1 N–H and O–H groups in total. The number of aromatic nitrogens is 2. The van der Waals surface area contributed by atoms with Crippen LogP contribution in [0.5, 0.6) is 5.75 Å². The fourth-order valence-corrected chi connectivity index (χ4v) is 2.11. The zero-order valence-electron chi connectivity index (χ0n) is 11.3. The van der Waals surface area contributed by atoms with Crippen molar-refractivity contribution in [3.05, 3.63) is 40.7 Å². The molecule has 0 unspecified atom stereocenters. The second kappa shape index (κ2) is 5.85. The molecular formula is C13H13ClF3N3O. The van der Waals surface area contributed by atoms with Crippen LogP contribution in [0.1, 0.15) is 11.3 Å². The third-order valence-electron chi connectivity index (χ3n) is 2.81. The number of aryl methyl sites for hydroxylation is 2. The highest BCUT2D eigenvalue weighted by Crippen LogP contribution is 2.26. The van der Waals surface area contributed by atoms with Crippen LogP contribution in [0.4, 0.5) is 18.9 Å². The quantitative estimate of drug-likeness (QED) is 0.929. The van der Waals surface area contributed by atoms with Crippen molar-refractivity contribution in [1.29, 1.82) is 0 Å². The Labute approximate surface area is 124 Å². The minimum Gasteiger partial charge on any atom is -0.406 e. The summed E-state index contributed by atoms with van der Waals surface area (Å²) in [5, 5.41) is 7.65. The topological polar surface area (TPSA) is 39.1 Å². The van der Waals surface area contributed by atoms with E-state index in [9.17, 15) is 13.2 Å². The molecule has 0 saturated carbocycles. The van der Waals surface area contributed by atoms with Gasteiger partial charge in [-0.05, 0) is 19.1 Å². The number of ether oxygens (including phenoxy) is 1. The van der Waals surface area contributed by atoms with Gasteiger partial charge in [0.15, 0.2) is 0 Å². The van der Waals surface area contributed by atoms with Gasteiger partial charge in [-0.25, -0.2) is 0 Å². The zero-order valence-corrected chi connectivity index (χ0v) is 12.1. The molecule has 2 rings (SSSR count). The van der Waals surface area contributed by atoms with Crippen LogP contribution in [0.3, 0.4) is 0 Å². The first-order chi connectivity index (χ1) is 9.76. The minimum absolute atomic E-state index is 0.276. The van der Waals surface area contributed by atoms with E-state index in [0.29, 0.717) is 17.4 Å². The second-order valence-electron chi connectivity index (χ2n) is 4.41. The van der Waals surface area contributed by atoms with Crippen LogP contribution in [0.2, 0.25) is 5.15 Å². The molecule has 0 bridgehead atoms. The SMILES string of the molecule is Cc1nn(C)c(Cl)c1CNc1cccc(OC(F)(F)F)c1. The highest BCUT2D eigenvalue weighted by Gasteiger charge is 2.31. The van der Waals surface area contributed by atoms with Crippen molar-refractivity contribution < 1.29 is 17.9 Å². The molecule has 8 heteroatoms. The maximum Gasteiger partial charge on any atom is 0.573 e. The second-order valence-corrected chi connectivity index (χ2v) is 4.77. The van der Waals surface area contributed by atoms with Gasteiger partial charge in [-0.2, -0.15) is 5.10 Å². The molecule has 0 aliphatic heterocycles. The van der Waals surface area contributed by atoms with Gasteiger partial charge in [-0.1, -0.05) is 17.7 Å². The molecule has 0 spiro atoms. The maximum atomic E-state index is 12.2. The van der Waals surface area contributed by atoms with Gasteiger partial charge in [0.2, 0.25) is 0 Å². The third kappa shape index (κ3) is 4.04. The van der Waals surface area contributed by atoms with Gasteiger partial charge < -0.3 is 10.1 Å². The number of rotatable bonds is 4. The zero-order chi connectivity index (χ0) is 15.6. The van der Waals surface area contributed by atoms with Gasteiger partial charge in [0, 0.05) is 30.9 Å². The number of benzene rings is 1. The van der Waals surface area contributed by atoms with Crippen LogP contribution in [0.25, 0.3) is 0 Å². The van der Waals surface area contributed by atoms with E-state index in [1.165, 1.54) is 22.9 Å². The maximum absolute atomic E-state index is 12.2. The molecular weight excluding hydrogens is 307 g/mol. The van der Waals surface area contributed by atoms with Crippen LogP contribution in [-0.4, -0.2) is 16.1 Å². The highest BCUT2D eigenvalue weighted by atomic mass is 35.5. The largest absolute Gasteiger partial charge is 0.573 e. The Morgan fingerprint density at radius 3 is 2.67 bits per heavy atom. The van der Waals surface area contributed by atoms with Gasteiger partial charge in [0.25, 0.3) is 0 Å². The lowest BCUT2D eigenvalue weighted by Crippen LogP contribution is -2.17. The van der Waals surface area contributed by atoms with E-state index >= 15 is 0 Å². The Kier molecular flexibility index (Phi) is 4.32. The number of halogens is 4. The summed E-state index contributed by atoms with van der Waals surface area (Å²) in [6.45, 7) is 2.17. The molecule has 1 aromatic heterocycles. The third-order valence-corrected chi connectivity index (χ3v) is 3.28. The predicted octanol–water partition coefficient (Wildman–Crippen LogP) is 3.89. The molecule has 1 aromatic carbocycles. The van der Waals surface area contributed by atoms with Crippen molar-refractivity contribution in [2.45, 2.75) is 19.8 Å². The average molecular weight is 320 g/mol. The van der Waals surface area contributed by atoms with E-state index in [1.54, 1.807) is 13.1 Å². The molecule has 0 aliphatic rings. The summed E-state index contributed by atoms with van der Waals surface area (Å²) >= 11 is 6.09. The number of nitrogens with zero attached hydrogens (tertiary/aromatic N) is 2. The summed E-state index contributed by atoms with van der Waals surface area (Å²) in [4.78, 5) is 0. The van der Waals surface area contributed by atoms with E-state index in [-0.39, 0.29) is 5.75 Å². The van der Waals surface area contributed by atoms with Crippen LogP contribution in [0, 0.1) is 6.92 Å². The molecule has 1 heterocycles. The average Bonchev–Trinajstić information content (AvgIpc) is 2.60. The molecule has 2 aromatic rings. The van der Waals surface area contributed by atoms with Gasteiger partial charge in [-0.15, -0.1) is 13.2 Å². The van der Waals surface area contributed by atoms with Crippen molar-refractivity contribution in [1.82, 2.24) is 9.78 Å². The highest BCUT2D eigenvalue weighted by molar-refractivity contribution is 6.30. The lowest BCUT2D eigenvalue weighted by Gasteiger charge is -2.11. The first kappa shape index (κ1) is 15.5. The number of hydrogen-bond acceptors (Lipinski definition) is 3. The Hall–Kier alpha value is -1.89. The fourth-order valence-electron chi connectivity index (χ4n) is 1.87. The molecule has 0 fully saturated rings. The number of hydrogen-bond donors (Lipinski definition) is 1. The summed E-state index contributed by atoms with van der Waals surface area (Å²) in [7, 11) is 1.72. The minimum atomic E-state index is -4.71. The van der Waals surface area contributed by atoms with Crippen molar-refractivity contribution in [2.75, 3.05) is 5.32 Å². The number of anilines is 1. The first-order valence-corrected chi connectivity index (χ1v) is 6.42. The van der Waals surface area contributed by atoms with Crippen molar-refractivity contribution in [3.8, 4) is 5.75 Å². The van der Waals surface area contributed by atoms with E-state index in [2.05, 4.69) is 15.2 Å². The van der Waals surface area contributed by atoms with Gasteiger partial charge in [0.1, 0.15) is 10.9 Å². The normalized spacial score (nSPS) is 11.5. The van der Waals surface area contributed by atoms with Crippen LogP contribution < -0.4 is 10.1 Å². The lowest BCUT2D eigenvalue weighted by atomic mass is 10.2. The monoisotopic (exact) mass is 319 g/mol. The van der Waals surface area contributed by atoms with E-state index < -0.39 is 6.36 Å². The molecule has 21 heavy (non-hydrogen) atoms. The Morgan fingerprint density at radius 1 is 1.38 bits per heavy atom. The molecule has 4 nitrogen and oxygen atoms in total. The summed E-state index contributed by atoms with van der Waals surface area (Å²) in [5.74, 6) is -0.276. The summed E-state index contributed by atoms with van der Waals surface area (Å²) in [6.07, 6.45) is -4.71. The number of nitrogens with one attached hydrogen (secondary N) is 1. The van der Waals surface area contributed by atoms with Crippen LogP contribution in [0.15, 0.2) is 24.3 Å². The molecule has 0 radical (unpaired) electrons. The molecule has 0 aliphatic carbocycles. The Balaban J connectivity index is 2.08. The molecule has 114 valence electrons.